The zero-order valence-electron chi connectivity index (χ0n) is 11.8. The molecule has 1 aromatic carbocycles. The number of anilines is 1. The van der Waals surface area contributed by atoms with Crippen molar-refractivity contribution in [3.63, 3.8) is 0 Å². The zero-order chi connectivity index (χ0) is 16.6. The molecule has 0 unspecified atom stereocenters. The number of nitrogen functional groups attached to an aromatic ring is 1. The number of nitriles is 2. The molecule has 0 aliphatic carbocycles. The van der Waals surface area contributed by atoms with Gasteiger partial charge in [0.15, 0.2) is 0 Å². The molecule has 2 rings (SSSR count). The Morgan fingerprint density at radius 3 is 2.36 bits per heavy atom. The largest absolute Gasteiger partial charge is 0.507 e. The first-order chi connectivity index (χ1) is 10.3. The van der Waals surface area contributed by atoms with E-state index in [1.807, 2.05) is 6.07 Å². The third-order valence-electron chi connectivity index (χ3n) is 3.41. The summed E-state index contributed by atoms with van der Waals surface area (Å²) in [5.41, 5.74) is 5.61. The molecule has 1 heterocycles. The molecule has 22 heavy (non-hydrogen) atoms. The average Bonchev–Trinajstić information content (AvgIpc) is 2.45. The molecule has 6 nitrogen and oxygen atoms in total. The molecule has 0 spiro atoms. The standard InChI is InChI=1S/C15H11ClN4O2/c1-6-3-10(16)7(2)11(13(6)21)12-8(4-17)14(19)20-15(22)9(12)5-18/h3,21H,1-2H3,(H3,19,20,22). The van der Waals surface area contributed by atoms with Gasteiger partial charge in [-0.15, -0.1) is 0 Å². The van der Waals surface area contributed by atoms with Gasteiger partial charge in [-0.05, 0) is 31.0 Å². The van der Waals surface area contributed by atoms with Crippen molar-refractivity contribution >= 4 is 17.4 Å². The van der Waals surface area contributed by atoms with Crippen LogP contribution in [0.3, 0.4) is 0 Å². The van der Waals surface area contributed by atoms with E-state index in [0.717, 1.165) is 0 Å². The second-order valence-electron chi connectivity index (χ2n) is 4.74. The fraction of sp³-hybridized carbons (Fsp3) is 0.133. The van der Waals surface area contributed by atoms with Crippen LogP contribution in [0, 0.1) is 36.5 Å². The van der Waals surface area contributed by atoms with Crippen molar-refractivity contribution in [2.75, 3.05) is 5.73 Å². The number of hydrogen-bond donors (Lipinski definition) is 3. The number of hydrogen-bond acceptors (Lipinski definition) is 5. The second-order valence-corrected chi connectivity index (χ2v) is 5.15. The van der Waals surface area contributed by atoms with E-state index in [-0.39, 0.29) is 33.8 Å². The molecule has 0 bridgehead atoms. The van der Waals surface area contributed by atoms with Crippen LogP contribution in [0.2, 0.25) is 5.02 Å². The van der Waals surface area contributed by atoms with E-state index in [2.05, 4.69) is 4.98 Å². The van der Waals surface area contributed by atoms with Gasteiger partial charge in [0.2, 0.25) is 0 Å². The third kappa shape index (κ3) is 2.16. The molecule has 0 aliphatic heterocycles. The Hall–Kier alpha value is -2.96. The highest BCUT2D eigenvalue weighted by atomic mass is 35.5. The van der Waals surface area contributed by atoms with Crippen LogP contribution < -0.4 is 11.3 Å². The number of phenols is 1. The summed E-state index contributed by atoms with van der Waals surface area (Å²) in [5.74, 6) is -0.321. The Morgan fingerprint density at radius 1 is 1.23 bits per heavy atom. The van der Waals surface area contributed by atoms with E-state index >= 15 is 0 Å². The van der Waals surface area contributed by atoms with E-state index in [4.69, 9.17) is 17.3 Å². The van der Waals surface area contributed by atoms with Crippen LogP contribution in [0.15, 0.2) is 10.9 Å². The molecule has 0 atom stereocenters. The molecule has 0 fully saturated rings. The number of aryl methyl sites for hydroxylation is 1. The summed E-state index contributed by atoms with van der Waals surface area (Å²) >= 11 is 6.12. The van der Waals surface area contributed by atoms with Gasteiger partial charge in [0.05, 0.1) is 0 Å². The van der Waals surface area contributed by atoms with Gasteiger partial charge < -0.3 is 15.8 Å². The summed E-state index contributed by atoms with van der Waals surface area (Å²) in [6, 6.07) is 5.17. The maximum absolute atomic E-state index is 11.9. The highest BCUT2D eigenvalue weighted by Gasteiger charge is 2.24. The van der Waals surface area contributed by atoms with Crippen LogP contribution >= 0.6 is 11.6 Å². The third-order valence-corrected chi connectivity index (χ3v) is 3.80. The number of rotatable bonds is 1. The highest BCUT2D eigenvalue weighted by Crippen LogP contribution is 2.41. The van der Waals surface area contributed by atoms with Gasteiger partial charge in [-0.25, -0.2) is 0 Å². The van der Waals surface area contributed by atoms with E-state index in [1.165, 1.54) is 0 Å². The van der Waals surface area contributed by atoms with Crippen molar-refractivity contribution in [3.8, 4) is 29.0 Å². The van der Waals surface area contributed by atoms with Gasteiger partial charge in [0.1, 0.15) is 34.8 Å². The lowest BCUT2D eigenvalue weighted by molar-refractivity contribution is 0.473. The molecule has 1 aromatic heterocycles. The van der Waals surface area contributed by atoms with Crippen LogP contribution in [0.4, 0.5) is 5.82 Å². The summed E-state index contributed by atoms with van der Waals surface area (Å²) in [4.78, 5) is 14.2. The number of halogens is 1. The first kappa shape index (κ1) is 15.4. The molecule has 7 heteroatoms. The fourth-order valence-corrected chi connectivity index (χ4v) is 2.52. The Balaban J connectivity index is 3.13. The second kappa shape index (κ2) is 5.44. The molecule has 0 saturated carbocycles. The van der Waals surface area contributed by atoms with Gasteiger partial charge in [-0.3, -0.25) is 4.79 Å². The van der Waals surface area contributed by atoms with Gasteiger partial charge in [-0.1, -0.05) is 11.6 Å². The normalized spacial score (nSPS) is 10.0. The SMILES string of the molecule is Cc1cc(Cl)c(C)c(-c2c(C#N)c(N)[nH]c(=O)c2C#N)c1O. The van der Waals surface area contributed by atoms with Gasteiger partial charge in [-0.2, -0.15) is 10.5 Å². The average molecular weight is 315 g/mol. The van der Waals surface area contributed by atoms with E-state index in [1.54, 1.807) is 26.0 Å². The monoisotopic (exact) mass is 314 g/mol. The van der Waals surface area contributed by atoms with Crippen molar-refractivity contribution in [2.45, 2.75) is 13.8 Å². The number of pyridine rings is 1. The number of nitrogens with two attached hydrogens (primary N) is 1. The summed E-state index contributed by atoms with van der Waals surface area (Å²) < 4.78 is 0. The summed E-state index contributed by atoms with van der Waals surface area (Å²) in [7, 11) is 0. The smallest absolute Gasteiger partial charge is 0.268 e. The quantitative estimate of drug-likeness (QED) is 0.744. The van der Waals surface area contributed by atoms with Crippen molar-refractivity contribution in [2.24, 2.45) is 0 Å². The Kier molecular flexibility index (Phi) is 3.81. The number of aromatic nitrogens is 1. The van der Waals surface area contributed by atoms with E-state index < -0.39 is 5.56 Å². The molecule has 2 aromatic rings. The summed E-state index contributed by atoms with van der Waals surface area (Å²) in [6.07, 6.45) is 0. The summed E-state index contributed by atoms with van der Waals surface area (Å²) in [6.45, 7) is 3.25. The topological polar surface area (TPSA) is 127 Å². The molecule has 110 valence electrons. The van der Waals surface area contributed by atoms with Crippen LogP contribution in [-0.4, -0.2) is 10.1 Å². The lowest BCUT2D eigenvalue weighted by Gasteiger charge is -2.15. The molecular formula is C15H11ClN4O2. The van der Waals surface area contributed by atoms with Crippen molar-refractivity contribution in [1.29, 1.82) is 10.5 Å². The minimum atomic E-state index is -0.731. The number of nitrogens with zero attached hydrogens (tertiary/aromatic N) is 2. The van der Waals surface area contributed by atoms with Crippen LogP contribution in [0.1, 0.15) is 22.3 Å². The zero-order valence-corrected chi connectivity index (χ0v) is 12.5. The van der Waals surface area contributed by atoms with Crippen molar-refractivity contribution in [1.82, 2.24) is 4.98 Å². The fourth-order valence-electron chi connectivity index (χ4n) is 2.26. The molecule has 0 saturated heterocycles. The van der Waals surface area contributed by atoms with Crippen molar-refractivity contribution < 1.29 is 5.11 Å². The number of H-pyrrole nitrogens is 1. The van der Waals surface area contributed by atoms with E-state index in [9.17, 15) is 20.4 Å². The molecule has 0 amide bonds. The molecule has 4 N–H and O–H groups in total. The Bertz CT molecular complexity index is 907. The molecule has 0 radical (unpaired) electrons. The Labute approximate surface area is 131 Å². The first-order valence-corrected chi connectivity index (χ1v) is 6.56. The number of aromatic amines is 1. The van der Waals surface area contributed by atoms with E-state index in [0.29, 0.717) is 16.1 Å². The van der Waals surface area contributed by atoms with Crippen LogP contribution in [-0.2, 0) is 0 Å². The number of nitrogens with one attached hydrogen (secondary N) is 1. The Morgan fingerprint density at radius 2 is 1.82 bits per heavy atom. The number of phenolic OH excluding ortho intramolecular Hbond substituents is 1. The lowest BCUT2D eigenvalue weighted by Crippen LogP contribution is -2.16. The van der Waals surface area contributed by atoms with Gasteiger partial charge >= 0.3 is 0 Å². The minimum absolute atomic E-state index is 0.00755. The van der Waals surface area contributed by atoms with Crippen LogP contribution in [0.25, 0.3) is 11.1 Å². The predicted octanol–water partition coefficient (Wildman–Crippen LogP) is 2.34. The van der Waals surface area contributed by atoms with Gasteiger partial charge in [0.25, 0.3) is 5.56 Å². The van der Waals surface area contributed by atoms with Crippen LogP contribution in [0.5, 0.6) is 5.75 Å². The number of benzene rings is 1. The lowest BCUT2D eigenvalue weighted by atomic mass is 9.91. The minimum Gasteiger partial charge on any atom is -0.507 e. The molecule has 0 aliphatic rings. The molecular weight excluding hydrogens is 304 g/mol. The van der Waals surface area contributed by atoms with Gasteiger partial charge in [0, 0.05) is 16.1 Å². The highest BCUT2D eigenvalue weighted by molar-refractivity contribution is 6.32. The first-order valence-electron chi connectivity index (χ1n) is 6.18. The summed E-state index contributed by atoms with van der Waals surface area (Å²) in [5, 5.41) is 29.3. The number of aromatic hydroxyl groups is 1. The maximum Gasteiger partial charge on any atom is 0.268 e. The predicted molar refractivity (Wildman–Crippen MR) is 82.5 cm³/mol. The maximum atomic E-state index is 11.9. The van der Waals surface area contributed by atoms with Crippen molar-refractivity contribution in [3.05, 3.63) is 43.7 Å².